The number of esters is 1. The molecule has 6 nitrogen and oxygen atoms in total. The van der Waals surface area contributed by atoms with Gasteiger partial charge in [-0.15, -0.1) is 24.8 Å². The second kappa shape index (κ2) is 13.1. The van der Waals surface area contributed by atoms with Crippen molar-refractivity contribution in [3.8, 4) is 5.75 Å². The minimum atomic E-state index is -0.484. The molecule has 2 aromatic carbocycles. The lowest BCUT2D eigenvalue weighted by molar-refractivity contribution is -0.140. The molecular formula is C25H27Cl4N3O3S. The average Bonchev–Trinajstić information content (AvgIpc) is 3.20. The highest BCUT2D eigenvalue weighted by atomic mass is 35.5. The van der Waals surface area contributed by atoms with Crippen molar-refractivity contribution < 1.29 is 14.3 Å². The van der Waals surface area contributed by atoms with Crippen LogP contribution in [-0.2, 0) is 9.53 Å². The first-order valence-electron chi connectivity index (χ1n) is 10.7. The van der Waals surface area contributed by atoms with Gasteiger partial charge in [0.1, 0.15) is 12.4 Å². The van der Waals surface area contributed by atoms with Crippen molar-refractivity contribution in [1.82, 2.24) is 9.80 Å². The molecule has 0 aliphatic carbocycles. The summed E-state index contributed by atoms with van der Waals surface area (Å²) in [5.41, 5.74) is 2.64. The standard InChI is InChI=1S/C25H25Cl2N3O3S.2ClH/c1-15-21(24(31)33-13-12-29(2)3)23(16-8-5-6-11-19(16)32-4)30-14-20(34-25(30)28-15)22-17(26)9-7-10-18(22)27;;/h5-11,14,23H,12-13H2,1-4H3;2*1H. The molecule has 0 amide bonds. The molecule has 2 aromatic rings. The van der Waals surface area contributed by atoms with Crippen molar-refractivity contribution in [2.24, 2.45) is 4.99 Å². The molecule has 0 N–H and O–H groups in total. The third kappa shape index (κ3) is 6.15. The number of fused-ring (bicyclic) bond motifs is 1. The van der Waals surface area contributed by atoms with Gasteiger partial charge in [0.15, 0.2) is 5.17 Å². The van der Waals surface area contributed by atoms with Gasteiger partial charge in [-0.05, 0) is 51.0 Å². The first-order chi connectivity index (χ1) is 16.3. The molecule has 0 saturated carbocycles. The fourth-order valence-electron chi connectivity index (χ4n) is 3.87. The molecule has 36 heavy (non-hydrogen) atoms. The lowest BCUT2D eigenvalue weighted by atomic mass is 9.94. The maximum absolute atomic E-state index is 13.3. The van der Waals surface area contributed by atoms with Crippen LogP contribution < -0.4 is 4.74 Å². The van der Waals surface area contributed by atoms with Crippen LogP contribution in [0.5, 0.6) is 5.75 Å². The first kappa shape index (κ1) is 30.4. The maximum atomic E-state index is 13.3. The van der Waals surface area contributed by atoms with Gasteiger partial charge in [-0.2, -0.15) is 0 Å². The quantitative estimate of drug-likeness (QED) is 0.335. The zero-order valence-electron chi connectivity index (χ0n) is 20.2. The lowest BCUT2D eigenvalue weighted by Gasteiger charge is -2.34. The fourth-order valence-corrected chi connectivity index (χ4v) is 5.71. The van der Waals surface area contributed by atoms with Crippen LogP contribution in [0.1, 0.15) is 24.1 Å². The number of amidine groups is 1. The predicted octanol–water partition coefficient (Wildman–Crippen LogP) is 6.68. The molecule has 194 valence electrons. The summed E-state index contributed by atoms with van der Waals surface area (Å²) in [6.07, 6.45) is 1.94. The molecule has 1 unspecified atom stereocenters. The number of nitrogens with zero attached hydrogens (tertiary/aromatic N) is 3. The van der Waals surface area contributed by atoms with Crippen LogP contribution in [0.25, 0.3) is 4.91 Å². The molecule has 0 aromatic heterocycles. The van der Waals surface area contributed by atoms with Gasteiger partial charge in [-0.25, -0.2) is 9.79 Å². The fraction of sp³-hybridized carbons (Fsp3) is 0.280. The highest BCUT2D eigenvalue weighted by Gasteiger charge is 2.41. The highest BCUT2D eigenvalue weighted by Crippen LogP contribution is 2.50. The Morgan fingerprint density at radius 2 is 1.78 bits per heavy atom. The topological polar surface area (TPSA) is 54.4 Å². The number of halogens is 4. The Morgan fingerprint density at radius 3 is 2.42 bits per heavy atom. The van der Waals surface area contributed by atoms with E-state index in [9.17, 15) is 4.79 Å². The van der Waals surface area contributed by atoms with Gasteiger partial charge in [0.25, 0.3) is 0 Å². The van der Waals surface area contributed by atoms with E-state index in [1.165, 1.54) is 11.8 Å². The number of methoxy groups -OCH3 is 1. The Kier molecular flexibility index (Phi) is 11.0. The number of carbonyl (C=O) groups is 1. The summed E-state index contributed by atoms with van der Waals surface area (Å²) in [6, 6.07) is 12.6. The van der Waals surface area contributed by atoms with Gasteiger partial charge in [0.2, 0.25) is 0 Å². The van der Waals surface area contributed by atoms with E-state index in [4.69, 9.17) is 37.7 Å². The van der Waals surface area contributed by atoms with Crippen molar-refractivity contribution in [1.29, 1.82) is 0 Å². The molecule has 0 fully saturated rings. The normalized spacial score (nSPS) is 16.5. The van der Waals surface area contributed by atoms with Crippen LogP contribution in [0, 0.1) is 0 Å². The molecule has 0 spiro atoms. The van der Waals surface area contributed by atoms with Crippen LogP contribution in [0.2, 0.25) is 10.0 Å². The highest BCUT2D eigenvalue weighted by molar-refractivity contribution is 8.22. The van der Waals surface area contributed by atoms with E-state index in [-0.39, 0.29) is 31.4 Å². The zero-order valence-corrected chi connectivity index (χ0v) is 24.1. The van der Waals surface area contributed by atoms with Crippen LogP contribution >= 0.6 is 59.8 Å². The predicted molar refractivity (Wildman–Crippen MR) is 154 cm³/mol. The number of carbonyl (C=O) groups excluding carboxylic acids is 1. The van der Waals surface area contributed by atoms with Crippen LogP contribution in [0.4, 0.5) is 0 Å². The van der Waals surface area contributed by atoms with E-state index in [0.29, 0.717) is 33.6 Å². The summed E-state index contributed by atoms with van der Waals surface area (Å²) < 4.78 is 11.3. The number of hydrogen-bond donors (Lipinski definition) is 0. The van der Waals surface area contributed by atoms with Gasteiger partial charge in [-0.3, -0.25) is 0 Å². The van der Waals surface area contributed by atoms with Gasteiger partial charge in [0.05, 0.1) is 34.5 Å². The third-order valence-electron chi connectivity index (χ3n) is 5.52. The number of thioether (sulfide) groups is 1. The van der Waals surface area contributed by atoms with E-state index in [1.807, 2.05) is 67.4 Å². The van der Waals surface area contributed by atoms with Gasteiger partial charge < -0.3 is 19.3 Å². The number of likely N-dealkylation sites (N-methyl/N-ethyl adjacent to an activating group) is 1. The van der Waals surface area contributed by atoms with Crippen LogP contribution in [-0.4, -0.2) is 55.3 Å². The largest absolute Gasteiger partial charge is 0.496 e. The molecule has 1 atom stereocenters. The number of hydrogen-bond acceptors (Lipinski definition) is 7. The lowest BCUT2D eigenvalue weighted by Crippen LogP contribution is -2.34. The molecule has 4 rings (SSSR count). The molecule has 2 aliphatic heterocycles. The van der Waals surface area contributed by atoms with Crippen molar-refractivity contribution >= 4 is 75.8 Å². The number of aliphatic imine (C=N–C) groups is 1. The third-order valence-corrected chi connectivity index (χ3v) is 7.16. The summed E-state index contributed by atoms with van der Waals surface area (Å²) in [5.74, 6) is 0.267. The van der Waals surface area contributed by atoms with Gasteiger partial charge in [0, 0.05) is 28.8 Å². The van der Waals surface area contributed by atoms with Crippen molar-refractivity contribution in [2.45, 2.75) is 13.0 Å². The molecule has 2 aliphatic rings. The average molecular weight is 591 g/mol. The first-order valence-corrected chi connectivity index (χ1v) is 12.3. The SMILES string of the molecule is COc1ccccc1C1C(C(=O)OCCN(C)C)=C(C)N=C2SC(c3c(Cl)cccc3Cl)=CN21.Cl.Cl. The van der Waals surface area contributed by atoms with Crippen molar-refractivity contribution in [2.75, 3.05) is 34.4 Å². The van der Waals surface area contributed by atoms with Crippen LogP contribution in [0.15, 0.2) is 64.9 Å². The summed E-state index contributed by atoms with van der Waals surface area (Å²) in [4.78, 5) is 22.8. The molecular weight excluding hydrogens is 564 g/mol. The van der Waals surface area contributed by atoms with E-state index in [2.05, 4.69) is 0 Å². The van der Waals surface area contributed by atoms with E-state index in [1.54, 1.807) is 19.2 Å². The molecule has 2 heterocycles. The Morgan fingerprint density at radius 1 is 1.11 bits per heavy atom. The van der Waals surface area contributed by atoms with E-state index < -0.39 is 12.0 Å². The summed E-state index contributed by atoms with van der Waals surface area (Å²) in [7, 11) is 5.48. The number of allylic oxidation sites excluding steroid dienone is 1. The summed E-state index contributed by atoms with van der Waals surface area (Å²) >= 11 is 14.4. The summed E-state index contributed by atoms with van der Waals surface area (Å²) in [6.45, 7) is 2.74. The monoisotopic (exact) mass is 589 g/mol. The maximum Gasteiger partial charge on any atom is 0.338 e. The van der Waals surface area contributed by atoms with Gasteiger partial charge >= 0.3 is 5.97 Å². The Labute approximate surface area is 238 Å². The van der Waals surface area contributed by atoms with Crippen molar-refractivity contribution in [3.05, 3.63) is 81.1 Å². The molecule has 11 heteroatoms. The number of para-hydroxylation sites is 1. The van der Waals surface area contributed by atoms with Gasteiger partial charge in [-0.1, -0.05) is 47.5 Å². The Balaban J connectivity index is 0.00000228. The molecule has 0 bridgehead atoms. The minimum Gasteiger partial charge on any atom is -0.496 e. The van der Waals surface area contributed by atoms with Crippen LogP contribution in [0.3, 0.4) is 0 Å². The number of rotatable bonds is 7. The minimum absolute atomic E-state index is 0. The zero-order chi connectivity index (χ0) is 24.4. The molecule has 0 radical (unpaired) electrons. The number of benzene rings is 2. The van der Waals surface area contributed by atoms with E-state index in [0.717, 1.165) is 21.2 Å². The second-order valence-electron chi connectivity index (χ2n) is 8.08. The smallest absolute Gasteiger partial charge is 0.338 e. The Hall–Kier alpha value is -1.87. The Bertz CT molecular complexity index is 1200. The second-order valence-corrected chi connectivity index (χ2v) is 9.90. The van der Waals surface area contributed by atoms with Crippen molar-refractivity contribution in [3.63, 3.8) is 0 Å². The number of ether oxygens (including phenoxy) is 2. The molecule has 0 saturated heterocycles. The van der Waals surface area contributed by atoms with E-state index >= 15 is 0 Å². The summed E-state index contributed by atoms with van der Waals surface area (Å²) in [5, 5.41) is 1.83.